The zero-order valence-corrected chi connectivity index (χ0v) is 29.5. The molecule has 1 aliphatic rings. The minimum atomic E-state index is -1.04. The van der Waals surface area contributed by atoms with Gasteiger partial charge in [-0.25, -0.2) is 9.97 Å². The number of aliphatic carboxylic acids is 1. The number of rotatable bonds is 10. The summed E-state index contributed by atoms with van der Waals surface area (Å²) in [7, 11) is 0. The summed E-state index contributed by atoms with van der Waals surface area (Å²) >= 11 is 1.47. The van der Waals surface area contributed by atoms with Gasteiger partial charge in [0.15, 0.2) is 5.82 Å². The van der Waals surface area contributed by atoms with Gasteiger partial charge in [0.05, 0.1) is 4.88 Å². The molecule has 9 heteroatoms. The Hall–Kier alpha value is -4.37. The number of hydrogen-bond acceptors (Lipinski definition) is 6. The second-order valence-electron chi connectivity index (χ2n) is 13.6. The van der Waals surface area contributed by atoms with Crippen LogP contribution >= 0.6 is 11.3 Å². The Morgan fingerprint density at radius 1 is 0.896 bits per heavy atom. The summed E-state index contributed by atoms with van der Waals surface area (Å²) in [5.41, 5.74) is 10.7. The number of primary amides is 1. The van der Waals surface area contributed by atoms with E-state index in [-0.39, 0.29) is 23.7 Å². The minimum absolute atomic E-state index is 0.109. The summed E-state index contributed by atoms with van der Waals surface area (Å²) in [5, 5.41) is 11.4. The lowest BCUT2D eigenvalue weighted by Gasteiger charge is -2.28. The van der Waals surface area contributed by atoms with Gasteiger partial charge in [-0.1, -0.05) is 82.6 Å². The van der Waals surface area contributed by atoms with Crippen molar-refractivity contribution in [3.05, 3.63) is 93.9 Å². The average Bonchev–Trinajstić information content (AvgIpc) is 3.60. The number of hydrogen-bond donors (Lipinski definition) is 3. The van der Waals surface area contributed by atoms with Crippen LogP contribution in [0.3, 0.4) is 0 Å². The largest absolute Gasteiger partial charge is 0.480 e. The molecule has 1 aliphatic carbocycles. The van der Waals surface area contributed by atoms with Crippen LogP contribution in [-0.2, 0) is 21.4 Å². The lowest BCUT2D eigenvalue weighted by atomic mass is 9.78. The van der Waals surface area contributed by atoms with E-state index in [1.807, 2.05) is 42.7 Å². The molecule has 1 atom stereocenters. The molecule has 4 N–H and O–H groups in total. The third-order valence-corrected chi connectivity index (χ3v) is 10.5. The van der Waals surface area contributed by atoms with Crippen LogP contribution < -0.4 is 11.1 Å². The molecule has 48 heavy (non-hydrogen) atoms. The monoisotopic (exact) mass is 668 g/mol. The van der Waals surface area contributed by atoms with Crippen LogP contribution in [0.5, 0.6) is 0 Å². The number of carboxylic acid groups (broad SMARTS) is 1. The highest BCUT2D eigenvalue weighted by atomic mass is 32.1. The zero-order valence-electron chi connectivity index (χ0n) is 28.7. The third kappa shape index (κ3) is 10.3. The highest BCUT2D eigenvalue weighted by Gasteiger charge is 2.21. The normalized spacial score (nSPS) is 16.7. The van der Waals surface area contributed by atoms with Gasteiger partial charge in [0.2, 0.25) is 5.91 Å². The molecular formula is C39H48N4O4S. The van der Waals surface area contributed by atoms with E-state index in [4.69, 9.17) is 10.8 Å². The van der Waals surface area contributed by atoms with Gasteiger partial charge in [0, 0.05) is 34.8 Å². The molecule has 1 saturated carbocycles. The second-order valence-corrected chi connectivity index (χ2v) is 14.7. The fourth-order valence-corrected chi connectivity index (χ4v) is 6.72. The predicted molar refractivity (Wildman–Crippen MR) is 193 cm³/mol. The van der Waals surface area contributed by atoms with Crippen LogP contribution in [0.25, 0.3) is 22.5 Å². The van der Waals surface area contributed by atoms with Gasteiger partial charge in [0.25, 0.3) is 5.91 Å². The van der Waals surface area contributed by atoms with Crippen LogP contribution in [0, 0.1) is 5.92 Å². The zero-order chi connectivity index (χ0) is 34.8. The van der Waals surface area contributed by atoms with Crippen molar-refractivity contribution in [1.82, 2.24) is 15.3 Å². The fraction of sp³-hybridized carbons (Fsp3) is 0.410. The lowest BCUT2D eigenvalue weighted by Crippen LogP contribution is -2.38. The molecular weight excluding hydrogens is 621 g/mol. The predicted octanol–water partition coefficient (Wildman–Crippen LogP) is 8.16. The first kappa shape index (κ1) is 36.5. The first-order valence-electron chi connectivity index (χ1n) is 16.8. The van der Waals surface area contributed by atoms with E-state index in [0.29, 0.717) is 23.0 Å². The summed E-state index contributed by atoms with van der Waals surface area (Å²) in [6.45, 7) is 10.1. The number of nitrogens with one attached hydrogen (secondary N) is 1. The standard InChI is InChI=1S/C30H35N3O3.C9H13NOS/c1-3-21-4-9-23(10-5-21)24-13-15-25(16-14-24)27-18-31-29(32-19-27)26-11-6-22(7-12-26)8-17-28(34)33-20(2)30(35)36;1-9(2,3)7-5-4-6(12-7)8(10)11/h6-7,11-16,18-21,23H,3-5,8-10,17H2,1-2H3,(H,33,34)(H,35,36);4-5H,1-3H3,(H2,10,11)/t20-,21?,23?;/m1./s1. The Morgan fingerprint density at radius 2 is 1.50 bits per heavy atom. The van der Waals surface area contributed by atoms with Gasteiger partial charge in [-0.15, -0.1) is 11.3 Å². The van der Waals surface area contributed by atoms with Crippen LogP contribution in [0.4, 0.5) is 0 Å². The summed E-state index contributed by atoms with van der Waals surface area (Å²) < 4.78 is 0. The summed E-state index contributed by atoms with van der Waals surface area (Å²) in [6, 6.07) is 19.6. The lowest BCUT2D eigenvalue weighted by molar-refractivity contribution is -0.141. The van der Waals surface area contributed by atoms with Crippen LogP contribution in [0.15, 0.2) is 73.1 Å². The number of amides is 2. The Bertz CT molecular complexity index is 1650. The molecule has 0 bridgehead atoms. The number of aromatic nitrogens is 2. The molecule has 0 spiro atoms. The molecule has 2 aromatic heterocycles. The van der Waals surface area contributed by atoms with E-state index in [2.05, 4.69) is 67.2 Å². The number of nitrogens with zero attached hydrogens (tertiary/aromatic N) is 2. The molecule has 0 radical (unpaired) electrons. The molecule has 8 nitrogen and oxygen atoms in total. The molecule has 254 valence electrons. The maximum absolute atomic E-state index is 11.9. The van der Waals surface area contributed by atoms with Crippen LogP contribution in [-0.4, -0.2) is 38.9 Å². The third-order valence-electron chi connectivity index (χ3n) is 8.98. The maximum Gasteiger partial charge on any atom is 0.325 e. The number of benzene rings is 2. The molecule has 5 rings (SSSR count). The van der Waals surface area contributed by atoms with E-state index in [1.54, 1.807) is 6.07 Å². The van der Waals surface area contributed by atoms with Gasteiger partial charge < -0.3 is 16.2 Å². The number of carboxylic acids is 1. The van der Waals surface area contributed by atoms with Crippen molar-refractivity contribution in [3.63, 3.8) is 0 Å². The summed E-state index contributed by atoms with van der Waals surface area (Å²) in [5.74, 6) is 0.600. The average molecular weight is 669 g/mol. The number of nitrogens with two attached hydrogens (primary N) is 1. The van der Waals surface area contributed by atoms with Gasteiger partial charge >= 0.3 is 5.97 Å². The molecule has 2 heterocycles. The first-order valence-corrected chi connectivity index (χ1v) is 17.6. The smallest absolute Gasteiger partial charge is 0.325 e. The Kier molecular flexibility index (Phi) is 12.6. The van der Waals surface area contributed by atoms with Gasteiger partial charge in [-0.05, 0) is 85.1 Å². The van der Waals surface area contributed by atoms with Crippen LogP contribution in [0.2, 0.25) is 0 Å². The van der Waals surface area contributed by atoms with E-state index < -0.39 is 12.0 Å². The molecule has 1 fully saturated rings. The summed E-state index contributed by atoms with van der Waals surface area (Å²) in [6.07, 6.45) is 11.1. The van der Waals surface area contributed by atoms with Crippen molar-refractivity contribution in [2.45, 2.75) is 96.9 Å². The Labute approximate surface area is 288 Å². The molecule has 2 amide bonds. The number of thiophene rings is 1. The Morgan fingerprint density at radius 3 is 2.00 bits per heavy atom. The molecule has 2 aromatic carbocycles. The van der Waals surface area contributed by atoms with E-state index in [0.717, 1.165) is 28.2 Å². The topological polar surface area (TPSA) is 135 Å². The molecule has 0 aliphatic heterocycles. The Balaban J connectivity index is 0.000000365. The molecule has 0 saturated heterocycles. The minimum Gasteiger partial charge on any atom is -0.480 e. The van der Waals surface area contributed by atoms with Gasteiger partial charge in [0.1, 0.15) is 6.04 Å². The molecule has 0 unspecified atom stereocenters. The van der Waals surface area contributed by atoms with Crippen LogP contribution in [0.1, 0.15) is 105 Å². The SMILES string of the molecule is CC(C)(C)c1ccc(C(N)=O)s1.CCC1CCC(c2ccc(-c3cnc(-c4ccc(CCC(=O)N[C@H](C)C(=O)O)cc4)nc3)cc2)CC1. The number of carbonyl (C=O) groups excluding carboxylic acids is 2. The summed E-state index contributed by atoms with van der Waals surface area (Å²) in [4.78, 5) is 44.5. The van der Waals surface area contributed by atoms with E-state index in [1.165, 1.54) is 60.8 Å². The van der Waals surface area contributed by atoms with Crippen molar-refractivity contribution >= 4 is 29.1 Å². The number of aryl methyl sites for hydroxylation is 1. The van der Waals surface area contributed by atoms with Crippen molar-refractivity contribution in [3.8, 4) is 22.5 Å². The van der Waals surface area contributed by atoms with Gasteiger partial charge in [-0.2, -0.15) is 0 Å². The second kappa shape index (κ2) is 16.6. The van der Waals surface area contributed by atoms with Crippen molar-refractivity contribution in [2.75, 3.05) is 0 Å². The van der Waals surface area contributed by atoms with Crippen molar-refractivity contribution in [1.29, 1.82) is 0 Å². The van der Waals surface area contributed by atoms with Gasteiger partial charge in [-0.3, -0.25) is 14.4 Å². The van der Waals surface area contributed by atoms with Crippen molar-refractivity contribution in [2.24, 2.45) is 11.7 Å². The van der Waals surface area contributed by atoms with E-state index in [9.17, 15) is 14.4 Å². The van der Waals surface area contributed by atoms with E-state index >= 15 is 0 Å². The highest BCUT2D eigenvalue weighted by molar-refractivity contribution is 7.14. The molecule has 4 aromatic rings. The highest BCUT2D eigenvalue weighted by Crippen LogP contribution is 2.37. The maximum atomic E-state index is 11.9. The fourth-order valence-electron chi connectivity index (χ4n) is 5.81. The quantitative estimate of drug-likeness (QED) is 0.156. The van der Waals surface area contributed by atoms with Crippen molar-refractivity contribution < 1.29 is 19.5 Å². The number of carbonyl (C=O) groups is 3. The first-order chi connectivity index (χ1) is 22.8.